The van der Waals surface area contributed by atoms with Gasteiger partial charge in [0.25, 0.3) is 0 Å². The van der Waals surface area contributed by atoms with Crippen LogP contribution < -0.4 is 4.90 Å². The first-order chi connectivity index (χ1) is 8.78. The second-order valence-electron chi connectivity index (χ2n) is 4.66. The number of nitrogens with zero attached hydrogens (tertiary/aromatic N) is 4. The van der Waals surface area contributed by atoms with Gasteiger partial charge in [-0.2, -0.15) is 0 Å². The minimum Gasteiger partial charge on any atom is -0.392 e. The first kappa shape index (κ1) is 13.2. The molecule has 0 aromatic carbocycles. The third-order valence-corrected chi connectivity index (χ3v) is 3.65. The normalized spacial score (nSPS) is 19.8. The second-order valence-corrected chi connectivity index (χ2v) is 4.66. The Morgan fingerprint density at radius 2 is 2.00 bits per heavy atom. The summed E-state index contributed by atoms with van der Waals surface area (Å²) in [7, 11) is 0. The van der Waals surface area contributed by atoms with E-state index in [1.165, 1.54) is 6.42 Å². The first-order valence-corrected chi connectivity index (χ1v) is 6.69. The van der Waals surface area contributed by atoms with Crippen LogP contribution in [0.25, 0.3) is 0 Å². The lowest BCUT2D eigenvalue weighted by atomic mass is 10.2. The molecule has 1 atom stereocenters. The van der Waals surface area contributed by atoms with Crippen LogP contribution in [0.2, 0.25) is 0 Å². The van der Waals surface area contributed by atoms with Gasteiger partial charge in [0.05, 0.1) is 6.61 Å². The number of rotatable bonds is 5. The Balaban J connectivity index is 1.99. The molecule has 0 saturated carbocycles. The number of aromatic nitrogens is 2. The van der Waals surface area contributed by atoms with Gasteiger partial charge in [-0.1, -0.05) is 13.8 Å². The van der Waals surface area contributed by atoms with Crippen molar-refractivity contribution in [3.63, 3.8) is 0 Å². The molecule has 0 spiro atoms. The van der Waals surface area contributed by atoms with Crippen LogP contribution in [0.1, 0.15) is 25.8 Å². The lowest BCUT2D eigenvalue weighted by molar-refractivity contribution is 0.232. The van der Waals surface area contributed by atoms with Crippen LogP contribution in [0, 0.1) is 0 Å². The molecule has 1 aliphatic rings. The van der Waals surface area contributed by atoms with E-state index in [9.17, 15) is 0 Å². The summed E-state index contributed by atoms with van der Waals surface area (Å²) in [5, 5.41) is 8.97. The van der Waals surface area contributed by atoms with Crippen LogP contribution in [-0.2, 0) is 6.61 Å². The van der Waals surface area contributed by atoms with Crippen molar-refractivity contribution in [1.29, 1.82) is 0 Å². The molecule has 1 aromatic heterocycles. The largest absolute Gasteiger partial charge is 0.392 e. The predicted molar refractivity (Wildman–Crippen MR) is 71.5 cm³/mol. The van der Waals surface area contributed by atoms with Crippen molar-refractivity contribution in [2.24, 2.45) is 0 Å². The van der Waals surface area contributed by atoms with Crippen LogP contribution in [0.15, 0.2) is 12.4 Å². The van der Waals surface area contributed by atoms with Gasteiger partial charge < -0.3 is 10.0 Å². The van der Waals surface area contributed by atoms with E-state index >= 15 is 0 Å². The number of hydrogen-bond acceptors (Lipinski definition) is 5. The molecule has 0 amide bonds. The molecule has 1 aromatic rings. The standard InChI is InChI=1S/C13H22N4O/c1-3-16(4-2)12-5-6-17(9-12)13-14-7-11(10-18)8-15-13/h7-8,12,18H,3-6,9-10H2,1-2H3. The molecule has 2 rings (SSSR count). The number of aliphatic hydroxyl groups excluding tert-OH is 1. The highest BCUT2D eigenvalue weighted by atomic mass is 16.3. The van der Waals surface area contributed by atoms with Crippen molar-refractivity contribution in [2.75, 3.05) is 31.1 Å². The maximum Gasteiger partial charge on any atom is 0.225 e. The van der Waals surface area contributed by atoms with Crippen molar-refractivity contribution in [3.8, 4) is 0 Å². The molecular weight excluding hydrogens is 228 g/mol. The summed E-state index contributed by atoms with van der Waals surface area (Å²) in [5.41, 5.74) is 0.762. The molecule has 1 fully saturated rings. The zero-order valence-corrected chi connectivity index (χ0v) is 11.2. The topological polar surface area (TPSA) is 52.5 Å². The second kappa shape index (κ2) is 6.11. The van der Waals surface area contributed by atoms with Crippen LogP contribution in [0.3, 0.4) is 0 Å². The SMILES string of the molecule is CCN(CC)C1CCN(c2ncc(CO)cn2)C1. The smallest absolute Gasteiger partial charge is 0.225 e. The van der Waals surface area contributed by atoms with Crippen LogP contribution in [-0.4, -0.2) is 52.2 Å². The van der Waals surface area contributed by atoms with Gasteiger partial charge in [-0.25, -0.2) is 9.97 Å². The lowest BCUT2D eigenvalue weighted by Crippen LogP contribution is -2.37. The van der Waals surface area contributed by atoms with Gasteiger partial charge in [0.15, 0.2) is 0 Å². The molecule has 2 heterocycles. The Morgan fingerprint density at radius 3 is 2.56 bits per heavy atom. The molecule has 1 unspecified atom stereocenters. The first-order valence-electron chi connectivity index (χ1n) is 6.69. The summed E-state index contributed by atoms with van der Waals surface area (Å²) < 4.78 is 0. The van der Waals surface area contributed by atoms with Crippen LogP contribution >= 0.6 is 0 Å². The Bertz CT molecular complexity index is 364. The van der Waals surface area contributed by atoms with Crippen molar-refractivity contribution in [2.45, 2.75) is 32.9 Å². The fourth-order valence-corrected chi connectivity index (χ4v) is 2.55. The Labute approximate surface area is 108 Å². The summed E-state index contributed by atoms with van der Waals surface area (Å²) >= 11 is 0. The van der Waals surface area contributed by atoms with Crippen molar-refractivity contribution < 1.29 is 5.11 Å². The molecule has 0 bridgehead atoms. The summed E-state index contributed by atoms with van der Waals surface area (Å²) in [6.07, 6.45) is 4.58. The van der Waals surface area contributed by atoms with Crippen molar-refractivity contribution >= 4 is 5.95 Å². The van der Waals surface area contributed by atoms with E-state index < -0.39 is 0 Å². The van der Waals surface area contributed by atoms with E-state index in [-0.39, 0.29) is 6.61 Å². The van der Waals surface area contributed by atoms with Gasteiger partial charge >= 0.3 is 0 Å². The van der Waals surface area contributed by atoms with E-state index in [1.807, 2.05) is 0 Å². The summed E-state index contributed by atoms with van der Waals surface area (Å²) in [4.78, 5) is 13.3. The maximum atomic E-state index is 8.97. The zero-order valence-electron chi connectivity index (χ0n) is 11.2. The summed E-state index contributed by atoms with van der Waals surface area (Å²) in [6.45, 7) is 8.62. The van der Waals surface area contributed by atoms with Gasteiger partial charge in [0.2, 0.25) is 5.95 Å². The highest BCUT2D eigenvalue weighted by Crippen LogP contribution is 2.19. The fourth-order valence-electron chi connectivity index (χ4n) is 2.55. The molecule has 1 N–H and O–H groups in total. The zero-order chi connectivity index (χ0) is 13.0. The highest BCUT2D eigenvalue weighted by Gasteiger charge is 2.27. The minimum absolute atomic E-state index is 0.00233. The molecule has 18 heavy (non-hydrogen) atoms. The molecule has 5 nitrogen and oxygen atoms in total. The Kier molecular flexibility index (Phi) is 4.49. The number of aliphatic hydroxyl groups is 1. The monoisotopic (exact) mass is 250 g/mol. The van der Waals surface area contributed by atoms with E-state index in [1.54, 1.807) is 12.4 Å². The minimum atomic E-state index is 0.00233. The highest BCUT2D eigenvalue weighted by molar-refractivity contribution is 5.32. The summed E-state index contributed by atoms with van der Waals surface area (Å²) in [6, 6.07) is 0.612. The van der Waals surface area contributed by atoms with Gasteiger partial charge in [0.1, 0.15) is 0 Å². The average Bonchev–Trinajstić information content (AvgIpc) is 2.90. The fraction of sp³-hybridized carbons (Fsp3) is 0.692. The van der Waals surface area contributed by atoms with Gasteiger partial charge in [-0.05, 0) is 19.5 Å². The van der Waals surface area contributed by atoms with Gasteiger partial charge in [-0.3, -0.25) is 4.90 Å². The average molecular weight is 250 g/mol. The number of hydrogen-bond donors (Lipinski definition) is 1. The molecular formula is C13H22N4O. The number of anilines is 1. The summed E-state index contributed by atoms with van der Waals surface area (Å²) in [5.74, 6) is 0.779. The van der Waals surface area contributed by atoms with E-state index in [2.05, 4.69) is 33.6 Å². The van der Waals surface area contributed by atoms with Crippen molar-refractivity contribution in [1.82, 2.24) is 14.9 Å². The third kappa shape index (κ3) is 2.79. The molecule has 0 radical (unpaired) electrons. The van der Waals surface area contributed by atoms with Crippen molar-refractivity contribution in [3.05, 3.63) is 18.0 Å². The van der Waals surface area contributed by atoms with Gasteiger partial charge in [0, 0.05) is 37.1 Å². The molecule has 1 saturated heterocycles. The molecule has 100 valence electrons. The maximum absolute atomic E-state index is 8.97. The van der Waals surface area contributed by atoms with Crippen LogP contribution in [0.4, 0.5) is 5.95 Å². The molecule has 5 heteroatoms. The lowest BCUT2D eigenvalue weighted by Gasteiger charge is -2.26. The predicted octanol–water partition coefficient (Wildman–Crippen LogP) is 0.889. The van der Waals surface area contributed by atoms with E-state index in [4.69, 9.17) is 5.11 Å². The van der Waals surface area contributed by atoms with E-state index in [0.717, 1.165) is 37.7 Å². The molecule has 0 aliphatic carbocycles. The number of likely N-dealkylation sites (N-methyl/N-ethyl adjacent to an activating group) is 1. The quantitative estimate of drug-likeness (QED) is 0.841. The Hall–Kier alpha value is -1.20. The van der Waals surface area contributed by atoms with Crippen LogP contribution in [0.5, 0.6) is 0 Å². The van der Waals surface area contributed by atoms with Gasteiger partial charge in [-0.15, -0.1) is 0 Å². The van der Waals surface area contributed by atoms with E-state index in [0.29, 0.717) is 6.04 Å². The Morgan fingerprint density at radius 1 is 1.33 bits per heavy atom. The third-order valence-electron chi connectivity index (χ3n) is 3.65. The molecule has 1 aliphatic heterocycles.